The highest BCUT2D eigenvalue weighted by Gasteiger charge is 2.50. The Morgan fingerprint density at radius 3 is 2.64 bits per heavy atom. The SMILES string of the molecule is Cl.Nc1ccc2c(c1)CCCC2NC(=O)C1(Cc2ccccc2)CC1. The lowest BCUT2D eigenvalue weighted by Gasteiger charge is -2.28. The summed E-state index contributed by atoms with van der Waals surface area (Å²) in [5, 5.41) is 3.34. The molecule has 0 aromatic heterocycles. The average Bonchev–Trinajstić information content (AvgIpc) is 3.36. The largest absolute Gasteiger partial charge is 0.399 e. The standard InChI is InChI=1S/C21H24N2O.ClH/c22-17-9-10-18-16(13-17)7-4-8-19(18)23-20(24)21(11-12-21)14-15-5-2-1-3-6-15;/h1-3,5-6,9-10,13,19H,4,7-8,11-12,14,22H2,(H,23,24);1H. The number of rotatable bonds is 4. The van der Waals surface area contributed by atoms with Crippen molar-refractivity contribution in [3.8, 4) is 0 Å². The first-order chi connectivity index (χ1) is 11.7. The first-order valence-corrected chi connectivity index (χ1v) is 8.89. The molecule has 0 bridgehead atoms. The molecule has 0 radical (unpaired) electrons. The second kappa shape index (κ2) is 7.09. The Kier molecular flexibility index (Phi) is 5.05. The zero-order valence-corrected chi connectivity index (χ0v) is 15.1. The van der Waals surface area contributed by atoms with Gasteiger partial charge in [0.2, 0.25) is 5.91 Å². The molecule has 2 aliphatic carbocycles. The van der Waals surface area contributed by atoms with Crippen LogP contribution >= 0.6 is 12.4 Å². The number of fused-ring (bicyclic) bond motifs is 1. The fourth-order valence-electron chi connectivity index (χ4n) is 3.92. The van der Waals surface area contributed by atoms with E-state index in [4.69, 9.17) is 5.73 Å². The maximum Gasteiger partial charge on any atom is 0.227 e. The van der Waals surface area contributed by atoms with Crippen molar-refractivity contribution >= 4 is 24.0 Å². The van der Waals surface area contributed by atoms with Gasteiger partial charge in [-0.15, -0.1) is 12.4 Å². The summed E-state index contributed by atoms with van der Waals surface area (Å²) in [7, 11) is 0. The summed E-state index contributed by atoms with van der Waals surface area (Å²) in [6.07, 6.45) is 6.02. The number of hydrogen-bond acceptors (Lipinski definition) is 2. The number of nitrogens with two attached hydrogens (primary N) is 1. The van der Waals surface area contributed by atoms with Gasteiger partial charge in [0, 0.05) is 5.69 Å². The summed E-state index contributed by atoms with van der Waals surface area (Å²) < 4.78 is 0. The Morgan fingerprint density at radius 2 is 1.92 bits per heavy atom. The highest BCUT2D eigenvalue weighted by molar-refractivity contribution is 5.86. The van der Waals surface area contributed by atoms with Crippen LogP contribution in [0.1, 0.15) is 48.4 Å². The second-order valence-corrected chi connectivity index (χ2v) is 7.32. The van der Waals surface area contributed by atoms with Gasteiger partial charge >= 0.3 is 0 Å². The first-order valence-electron chi connectivity index (χ1n) is 8.89. The van der Waals surface area contributed by atoms with Crippen LogP contribution in [0.25, 0.3) is 0 Å². The normalized spacial score (nSPS) is 20.1. The summed E-state index contributed by atoms with van der Waals surface area (Å²) >= 11 is 0. The molecule has 4 heteroatoms. The van der Waals surface area contributed by atoms with Crippen molar-refractivity contribution in [1.82, 2.24) is 5.32 Å². The molecule has 1 fully saturated rings. The van der Waals surface area contributed by atoms with E-state index in [1.165, 1.54) is 16.7 Å². The zero-order valence-electron chi connectivity index (χ0n) is 14.3. The van der Waals surface area contributed by atoms with E-state index >= 15 is 0 Å². The topological polar surface area (TPSA) is 55.1 Å². The molecule has 1 saturated carbocycles. The van der Waals surface area contributed by atoms with E-state index in [2.05, 4.69) is 29.6 Å². The molecule has 2 aliphatic rings. The van der Waals surface area contributed by atoms with Gasteiger partial charge in [0.25, 0.3) is 0 Å². The Labute approximate surface area is 155 Å². The Bertz CT molecular complexity index is 756. The second-order valence-electron chi connectivity index (χ2n) is 7.32. The smallest absolute Gasteiger partial charge is 0.227 e. The molecule has 0 heterocycles. The van der Waals surface area contributed by atoms with E-state index in [0.29, 0.717) is 0 Å². The van der Waals surface area contributed by atoms with Crippen molar-refractivity contribution in [3.05, 3.63) is 65.2 Å². The number of nitrogen functional groups attached to an aromatic ring is 1. The Morgan fingerprint density at radius 1 is 1.16 bits per heavy atom. The lowest BCUT2D eigenvalue weighted by molar-refractivity contribution is -0.127. The molecule has 3 N–H and O–H groups in total. The molecule has 132 valence electrons. The number of nitrogens with one attached hydrogen (secondary N) is 1. The maximum atomic E-state index is 12.9. The van der Waals surface area contributed by atoms with E-state index in [-0.39, 0.29) is 29.8 Å². The number of carbonyl (C=O) groups excluding carboxylic acids is 1. The molecular formula is C21H25ClN2O. The van der Waals surface area contributed by atoms with Gasteiger partial charge in [0.15, 0.2) is 0 Å². The van der Waals surface area contributed by atoms with Crippen LogP contribution < -0.4 is 11.1 Å². The predicted octanol–water partition coefficient (Wildman–Crippen LogP) is 4.21. The van der Waals surface area contributed by atoms with Crippen molar-refractivity contribution in [2.75, 3.05) is 5.73 Å². The minimum Gasteiger partial charge on any atom is -0.399 e. The zero-order chi connectivity index (χ0) is 16.6. The lowest BCUT2D eigenvalue weighted by Crippen LogP contribution is -2.37. The van der Waals surface area contributed by atoms with E-state index in [1.54, 1.807) is 0 Å². The maximum absolute atomic E-state index is 12.9. The Hall–Kier alpha value is -2.00. The molecule has 0 aliphatic heterocycles. The first kappa shape index (κ1) is 17.8. The minimum atomic E-state index is -0.188. The van der Waals surface area contributed by atoms with Crippen molar-refractivity contribution in [3.63, 3.8) is 0 Å². The fourth-order valence-corrected chi connectivity index (χ4v) is 3.92. The molecule has 3 nitrogen and oxygen atoms in total. The van der Waals surface area contributed by atoms with Gasteiger partial charge in [0.1, 0.15) is 0 Å². The van der Waals surface area contributed by atoms with E-state index < -0.39 is 0 Å². The molecule has 2 aromatic rings. The van der Waals surface area contributed by atoms with E-state index in [0.717, 1.165) is 44.2 Å². The highest BCUT2D eigenvalue weighted by Crippen LogP contribution is 2.49. The van der Waals surface area contributed by atoms with Gasteiger partial charge in [0.05, 0.1) is 11.5 Å². The minimum absolute atomic E-state index is 0. The molecule has 0 saturated heterocycles. The Balaban J connectivity index is 0.00000182. The highest BCUT2D eigenvalue weighted by atomic mass is 35.5. The fraction of sp³-hybridized carbons (Fsp3) is 0.381. The quantitative estimate of drug-likeness (QED) is 0.806. The van der Waals surface area contributed by atoms with Crippen LogP contribution in [0.3, 0.4) is 0 Å². The predicted molar refractivity (Wildman–Crippen MR) is 104 cm³/mol. The number of halogens is 1. The molecule has 25 heavy (non-hydrogen) atoms. The van der Waals surface area contributed by atoms with Gasteiger partial charge < -0.3 is 11.1 Å². The van der Waals surface area contributed by atoms with E-state index in [9.17, 15) is 4.79 Å². The summed E-state index contributed by atoms with van der Waals surface area (Å²) in [4.78, 5) is 12.9. The number of benzene rings is 2. The van der Waals surface area contributed by atoms with E-state index in [1.807, 2.05) is 24.3 Å². The van der Waals surface area contributed by atoms with Gasteiger partial charge in [-0.05, 0) is 67.3 Å². The van der Waals surface area contributed by atoms with Crippen molar-refractivity contribution in [2.45, 2.75) is 44.6 Å². The van der Waals surface area contributed by atoms with Crippen LogP contribution in [-0.4, -0.2) is 5.91 Å². The third kappa shape index (κ3) is 3.67. The third-order valence-corrected chi connectivity index (χ3v) is 5.51. The summed E-state index contributed by atoms with van der Waals surface area (Å²) in [6.45, 7) is 0. The number of anilines is 1. The molecule has 2 aromatic carbocycles. The van der Waals surface area contributed by atoms with Crippen LogP contribution in [0, 0.1) is 5.41 Å². The van der Waals surface area contributed by atoms with Gasteiger partial charge in [-0.3, -0.25) is 4.79 Å². The molecule has 1 unspecified atom stereocenters. The molecule has 0 spiro atoms. The van der Waals surface area contributed by atoms with Crippen LogP contribution in [0.15, 0.2) is 48.5 Å². The number of carbonyl (C=O) groups is 1. The van der Waals surface area contributed by atoms with Crippen molar-refractivity contribution < 1.29 is 4.79 Å². The molecule has 4 rings (SSSR count). The third-order valence-electron chi connectivity index (χ3n) is 5.51. The van der Waals surface area contributed by atoms with Crippen molar-refractivity contribution in [2.24, 2.45) is 5.41 Å². The summed E-state index contributed by atoms with van der Waals surface area (Å²) in [6, 6.07) is 16.6. The summed E-state index contributed by atoms with van der Waals surface area (Å²) in [5.74, 6) is 0.223. The number of amides is 1. The van der Waals surface area contributed by atoms with Gasteiger partial charge in [-0.25, -0.2) is 0 Å². The van der Waals surface area contributed by atoms with Crippen LogP contribution in [0.2, 0.25) is 0 Å². The molecule has 1 atom stereocenters. The van der Waals surface area contributed by atoms with Gasteiger partial charge in [-0.2, -0.15) is 0 Å². The summed E-state index contributed by atoms with van der Waals surface area (Å²) in [5.41, 5.74) is 10.3. The molecular weight excluding hydrogens is 332 g/mol. The number of aryl methyl sites for hydroxylation is 1. The number of hydrogen-bond donors (Lipinski definition) is 2. The molecule has 1 amide bonds. The van der Waals surface area contributed by atoms with Crippen LogP contribution in [0.4, 0.5) is 5.69 Å². The van der Waals surface area contributed by atoms with Crippen LogP contribution in [0.5, 0.6) is 0 Å². The lowest BCUT2D eigenvalue weighted by atomic mass is 9.86. The van der Waals surface area contributed by atoms with Crippen molar-refractivity contribution in [1.29, 1.82) is 0 Å². The van der Waals surface area contributed by atoms with Gasteiger partial charge in [-0.1, -0.05) is 36.4 Å². The monoisotopic (exact) mass is 356 g/mol. The average molecular weight is 357 g/mol. The van der Waals surface area contributed by atoms with Crippen LogP contribution in [-0.2, 0) is 17.6 Å².